The van der Waals surface area contributed by atoms with Crippen LogP contribution >= 0.6 is 0 Å². The van der Waals surface area contributed by atoms with Gasteiger partial charge in [-0.15, -0.1) is 0 Å². The van der Waals surface area contributed by atoms with Crippen molar-refractivity contribution >= 4 is 45.1 Å². The lowest BCUT2D eigenvalue weighted by molar-refractivity contribution is 0.616. The minimum absolute atomic E-state index is 0.813. The van der Waals surface area contributed by atoms with Crippen molar-refractivity contribution in [1.82, 2.24) is 0 Å². The Labute approximate surface area is 246 Å². The molecule has 0 aliphatic rings. The number of anilines is 6. The number of para-hydroxylation sites is 4. The number of hydrogen-bond donors (Lipinski definition) is 0. The summed E-state index contributed by atoms with van der Waals surface area (Å²) in [6, 6.07) is 57.4. The summed E-state index contributed by atoms with van der Waals surface area (Å²) in [5.74, 6) is 0. The second kappa shape index (κ2) is 11.5. The molecule has 7 rings (SSSR count). The Morgan fingerprint density at radius 1 is 0.405 bits per heavy atom. The molecular weight excluding hydrogens is 512 g/mol. The van der Waals surface area contributed by atoms with Crippen molar-refractivity contribution in [2.24, 2.45) is 0 Å². The average Bonchev–Trinajstić information content (AvgIpc) is 3.47. The summed E-state index contributed by atoms with van der Waals surface area (Å²) in [4.78, 5) is 4.63. The first-order chi connectivity index (χ1) is 20.8. The van der Waals surface area contributed by atoms with E-state index in [1.165, 1.54) is 11.1 Å². The predicted molar refractivity (Wildman–Crippen MR) is 175 cm³/mol. The minimum Gasteiger partial charge on any atom is -0.462 e. The van der Waals surface area contributed by atoms with Crippen LogP contribution in [0.2, 0.25) is 0 Å². The van der Waals surface area contributed by atoms with Crippen molar-refractivity contribution in [2.75, 3.05) is 9.80 Å². The van der Waals surface area contributed by atoms with E-state index in [1.54, 1.807) is 0 Å². The monoisotopic (exact) mass is 542 g/mol. The molecule has 0 amide bonds. The summed E-state index contributed by atoms with van der Waals surface area (Å²) in [5.41, 5.74) is 9.79. The van der Waals surface area contributed by atoms with Gasteiger partial charge >= 0.3 is 0 Å². The normalized spacial score (nSPS) is 11.0. The lowest BCUT2D eigenvalue weighted by Crippen LogP contribution is -2.14. The van der Waals surface area contributed by atoms with Gasteiger partial charge in [-0.05, 0) is 84.3 Å². The van der Waals surface area contributed by atoms with E-state index < -0.39 is 0 Å². The maximum atomic E-state index is 6.06. The molecule has 6 aromatic carbocycles. The Kier molecular flexibility index (Phi) is 6.97. The summed E-state index contributed by atoms with van der Waals surface area (Å²) in [7, 11) is 0. The van der Waals surface area contributed by atoms with Gasteiger partial charge in [0.05, 0.1) is 5.69 Å². The number of hydrogen-bond acceptors (Lipinski definition) is 3. The topological polar surface area (TPSA) is 19.6 Å². The number of fused-ring (bicyclic) bond motifs is 1. The Hall–Kier alpha value is -5.54. The molecule has 3 nitrogen and oxygen atoms in total. The minimum atomic E-state index is 0.813. The van der Waals surface area contributed by atoms with E-state index in [1.807, 2.05) is 18.4 Å². The number of furan rings is 1. The van der Waals surface area contributed by atoms with Crippen LogP contribution in [0.15, 0.2) is 174 Å². The number of nitrogens with zero attached hydrogens (tertiary/aromatic N) is 2. The number of benzene rings is 6. The highest BCUT2D eigenvalue weighted by Crippen LogP contribution is 2.43. The Balaban J connectivity index is 1.47. The van der Waals surface area contributed by atoms with Gasteiger partial charge in [0.1, 0.15) is 11.8 Å². The molecule has 0 saturated heterocycles. The fraction of sp³-hybridized carbons (Fsp3) is 0.0256. The molecule has 0 spiro atoms. The summed E-state index contributed by atoms with van der Waals surface area (Å²) < 4.78 is 6.06. The molecule has 202 valence electrons. The molecule has 42 heavy (non-hydrogen) atoms. The van der Waals surface area contributed by atoms with E-state index in [9.17, 15) is 0 Å². The van der Waals surface area contributed by atoms with E-state index >= 15 is 0 Å². The van der Waals surface area contributed by atoms with Crippen LogP contribution in [0.3, 0.4) is 0 Å². The predicted octanol–water partition coefficient (Wildman–Crippen LogP) is 11.0. The van der Waals surface area contributed by atoms with Crippen LogP contribution in [0.25, 0.3) is 11.0 Å². The first-order valence-corrected chi connectivity index (χ1v) is 14.2. The molecular formula is C39H30N2O. The van der Waals surface area contributed by atoms with Crippen LogP contribution in [-0.2, 0) is 6.42 Å². The summed E-state index contributed by atoms with van der Waals surface area (Å²) >= 11 is 0. The molecule has 0 aliphatic heterocycles. The van der Waals surface area contributed by atoms with Crippen LogP contribution in [0.1, 0.15) is 11.1 Å². The molecule has 1 heterocycles. The van der Waals surface area contributed by atoms with E-state index in [2.05, 4.69) is 161 Å². The van der Waals surface area contributed by atoms with Gasteiger partial charge in [0.25, 0.3) is 0 Å². The molecule has 7 aromatic rings. The molecule has 0 atom stereocenters. The largest absolute Gasteiger partial charge is 0.462 e. The third-order valence-corrected chi connectivity index (χ3v) is 7.47. The summed E-state index contributed by atoms with van der Waals surface area (Å²) in [6.07, 6.45) is 2.68. The molecule has 0 N–H and O–H groups in total. The van der Waals surface area contributed by atoms with E-state index in [0.717, 1.165) is 51.5 Å². The molecule has 0 radical (unpaired) electrons. The van der Waals surface area contributed by atoms with E-state index in [0.29, 0.717) is 0 Å². The van der Waals surface area contributed by atoms with Crippen molar-refractivity contribution in [3.05, 3.63) is 181 Å². The maximum Gasteiger partial charge on any atom is 0.136 e. The highest BCUT2D eigenvalue weighted by molar-refractivity contribution is 5.97. The zero-order valence-corrected chi connectivity index (χ0v) is 23.2. The van der Waals surface area contributed by atoms with Crippen LogP contribution in [0, 0.1) is 0 Å². The van der Waals surface area contributed by atoms with Crippen LogP contribution in [0.5, 0.6) is 0 Å². The molecule has 0 fully saturated rings. The second-order valence-corrected chi connectivity index (χ2v) is 10.3. The molecule has 3 heteroatoms. The maximum absolute atomic E-state index is 6.06. The molecule has 0 unspecified atom stereocenters. The van der Waals surface area contributed by atoms with Crippen LogP contribution in [-0.4, -0.2) is 0 Å². The first kappa shape index (κ1) is 25.4. The molecule has 1 aromatic heterocycles. The van der Waals surface area contributed by atoms with Crippen molar-refractivity contribution < 1.29 is 4.42 Å². The van der Waals surface area contributed by atoms with Gasteiger partial charge in [-0.1, -0.05) is 97.1 Å². The van der Waals surface area contributed by atoms with Crippen molar-refractivity contribution in [3.63, 3.8) is 0 Å². The fourth-order valence-corrected chi connectivity index (χ4v) is 5.59. The van der Waals surface area contributed by atoms with E-state index in [-0.39, 0.29) is 0 Å². The standard InChI is InChI=1S/C39H30N2O/c1-5-15-30(16-6-1)25-31-26-35(40(32-17-7-2-8-18-32)33-19-9-3-10-20-33)28-36(27-31)41(34-21-11-4-12-22-34)38-29-42-39-24-14-13-23-37(38)39/h1-24,26-29H,25H2. The lowest BCUT2D eigenvalue weighted by Gasteiger charge is -2.30. The van der Waals surface area contributed by atoms with Gasteiger partial charge in [-0.25, -0.2) is 0 Å². The summed E-state index contributed by atoms with van der Waals surface area (Å²) in [5, 5.41) is 1.07. The van der Waals surface area contributed by atoms with Gasteiger partial charge in [0.2, 0.25) is 0 Å². The van der Waals surface area contributed by atoms with Gasteiger partial charge < -0.3 is 14.2 Å². The molecule has 0 saturated carbocycles. The van der Waals surface area contributed by atoms with Gasteiger partial charge in [-0.3, -0.25) is 0 Å². The second-order valence-electron chi connectivity index (χ2n) is 10.3. The van der Waals surface area contributed by atoms with Crippen molar-refractivity contribution in [1.29, 1.82) is 0 Å². The highest BCUT2D eigenvalue weighted by atomic mass is 16.3. The smallest absolute Gasteiger partial charge is 0.136 e. The van der Waals surface area contributed by atoms with E-state index in [4.69, 9.17) is 4.42 Å². The van der Waals surface area contributed by atoms with Crippen LogP contribution in [0.4, 0.5) is 34.1 Å². The molecule has 0 bridgehead atoms. The van der Waals surface area contributed by atoms with Gasteiger partial charge in [0.15, 0.2) is 0 Å². The average molecular weight is 543 g/mol. The Bertz CT molecular complexity index is 1860. The third kappa shape index (κ3) is 5.16. The van der Waals surface area contributed by atoms with Crippen molar-refractivity contribution in [2.45, 2.75) is 6.42 Å². The zero-order chi connectivity index (χ0) is 28.1. The number of rotatable bonds is 8. The lowest BCUT2D eigenvalue weighted by atomic mass is 10.0. The molecule has 0 aliphatic carbocycles. The third-order valence-electron chi connectivity index (χ3n) is 7.47. The first-order valence-electron chi connectivity index (χ1n) is 14.2. The zero-order valence-electron chi connectivity index (χ0n) is 23.2. The van der Waals surface area contributed by atoms with Gasteiger partial charge in [-0.2, -0.15) is 0 Å². The Morgan fingerprint density at radius 3 is 1.48 bits per heavy atom. The Morgan fingerprint density at radius 2 is 0.881 bits per heavy atom. The van der Waals surface area contributed by atoms with Crippen LogP contribution < -0.4 is 9.80 Å². The van der Waals surface area contributed by atoms with Gasteiger partial charge in [0, 0.05) is 33.8 Å². The van der Waals surface area contributed by atoms with Crippen molar-refractivity contribution in [3.8, 4) is 0 Å². The fourth-order valence-electron chi connectivity index (χ4n) is 5.59. The SMILES string of the molecule is c1ccc(Cc2cc(N(c3ccccc3)c3ccccc3)cc(N(c3ccccc3)c3coc4ccccc34)c2)cc1. The quantitative estimate of drug-likeness (QED) is 0.190. The highest BCUT2D eigenvalue weighted by Gasteiger charge is 2.21. The summed E-state index contributed by atoms with van der Waals surface area (Å²) in [6.45, 7) is 0.